The summed E-state index contributed by atoms with van der Waals surface area (Å²) < 4.78 is 5.99. The number of amides is 1. The average Bonchev–Trinajstić information content (AvgIpc) is 2.55. The highest BCUT2D eigenvalue weighted by Gasteiger charge is 2.24. The molecule has 5 nitrogen and oxygen atoms in total. The molecule has 0 spiro atoms. The molecular weight excluding hydrogens is 306 g/mol. The lowest BCUT2D eigenvalue weighted by molar-refractivity contribution is -0.132. The van der Waals surface area contributed by atoms with Gasteiger partial charge in [0, 0.05) is 5.69 Å². The van der Waals surface area contributed by atoms with E-state index in [-0.39, 0.29) is 17.6 Å². The number of nitrogens with one attached hydrogen (secondary N) is 1. The van der Waals surface area contributed by atoms with E-state index in [2.05, 4.69) is 5.32 Å². The van der Waals surface area contributed by atoms with Gasteiger partial charge in [-0.15, -0.1) is 0 Å². The number of hydrogen-bond donors (Lipinski definition) is 2. The molecule has 1 fully saturated rings. The Balaban J connectivity index is 2.09. The molecule has 132 valence electrons. The molecule has 0 saturated heterocycles. The van der Waals surface area contributed by atoms with Gasteiger partial charge in [-0.2, -0.15) is 0 Å². The van der Waals surface area contributed by atoms with Crippen molar-refractivity contribution in [3.05, 3.63) is 28.8 Å². The molecule has 5 heteroatoms. The third kappa shape index (κ3) is 4.57. The predicted octanol–water partition coefficient (Wildman–Crippen LogP) is 4.07. The second-order valence-corrected chi connectivity index (χ2v) is 6.57. The highest BCUT2D eigenvalue weighted by molar-refractivity contribution is 5.97. The van der Waals surface area contributed by atoms with E-state index in [1.807, 2.05) is 13.8 Å². The van der Waals surface area contributed by atoms with Gasteiger partial charge < -0.3 is 15.2 Å². The molecule has 0 aromatic heterocycles. The fraction of sp³-hybridized carbons (Fsp3) is 0.579. The van der Waals surface area contributed by atoms with E-state index in [0.29, 0.717) is 17.7 Å². The monoisotopic (exact) mass is 333 g/mol. The number of anilines is 1. The van der Waals surface area contributed by atoms with Gasteiger partial charge in [0.25, 0.3) is 5.91 Å². The highest BCUT2D eigenvalue weighted by atomic mass is 16.5. The molecular formula is C19H27NO4. The number of rotatable bonds is 6. The van der Waals surface area contributed by atoms with Crippen molar-refractivity contribution < 1.29 is 19.4 Å². The minimum atomic E-state index is -0.992. The summed E-state index contributed by atoms with van der Waals surface area (Å²) in [5.74, 6) is -1.19. The van der Waals surface area contributed by atoms with Gasteiger partial charge in [0.2, 0.25) is 0 Å². The Morgan fingerprint density at radius 1 is 1.21 bits per heavy atom. The third-order valence-corrected chi connectivity index (χ3v) is 4.63. The van der Waals surface area contributed by atoms with Crippen molar-refractivity contribution in [3.8, 4) is 0 Å². The number of aryl methyl sites for hydroxylation is 2. The van der Waals surface area contributed by atoms with Crippen LogP contribution in [0.1, 0.15) is 66.9 Å². The first-order valence-corrected chi connectivity index (χ1v) is 8.73. The fourth-order valence-corrected chi connectivity index (χ4v) is 3.21. The van der Waals surface area contributed by atoms with Crippen LogP contribution in [0.15, 0.2) is 12.1 Å². The van der Waals surface area contributed by atoms with Gasteiger partial charge in [0.05, 0.1) is 11.7 Å². The van der Waals surface area contributed by atoms with Crippen molar-refractivity contribution in [2.45, 2.75) is 71.5 Å². The summed E-state index contributed by atoms with van der Waals surface area (Å²) in [6.45, 7) is 5.54. The smallest absolute Gasteiger partial charge is 0.336 e. The number of carbonyl (C=O) groups excluding carboxylic acids is 1. The normalized spacial score (nSPS) is 16.6. The number of carboxylic acids is 1. The molecule has 1 aromatic carbocycles. The molecule has 1 aliphatic carbocycles. The van der Waals surface area contributed by atoms with Crippen LogP contribution in [0.3, 0.4) is 0 Å². The zero-order chi connectivity index (χ0) is 17.7. The predicted molar refractivity (Wildman–Crippen MR) is 93.5 cm³/mol. The van der Waals surface area contributed by atoms with Gasteiger partial charge in [-0.25, -0.2) is 4.79 Å². The molecule has 24 heavy (non-hydrogen) atoms. The minimum absolute atomic E-state index is 0.156. The lowest BCUT2D eigenvalue weighted by Crippen LogP contribution is -2.34. The van der Waals surface area contributed by atoms with Crippen LogP contribution < -0.4 is 5.32 Å². The lowest BCUT2D eigenvalue weighted by Gasteiger charge is -2.26. The van der Waals surface area contributed by atoms with Gasteiger partial charge in [-0.05, 0) is 50.3 Å². The number of ether oxygens (including phenoxy) is 1. The van der Waals surface area contributed by atoms with Crippen molar-refractivity contribution in [2.75, 3.05) is 5.32 Å². The summed E-state index contributed by atoms with van der Waals surface area (Å²) in [5, 5.41) is 12.1. The fourth-order valence-electron chi connectivity index (χ4n) is 3.21. The zero-order valence-electron chi connectivity index (χ0n) is 14.7. The van der Waals surface area contributed by atoms with Crippen LogP contribution in [-0.2, 0) is 9.53 Å². The number of benzene rings is 1. The number of hydrogen-bond acceptors (Lipinski definition) is 3. The standard InChI is InChI=1S/C19H27NO4/c1-4-17(24-14-8-6-5-7-9-14)18(21)20-16-11-15(19(22)23)12(2)10-13(16)3/h10-11,14,17H,4-9H2,1-3H3,(H,20,21)(H,22,23). The summed E-state index contributed by atoms with van der Waals surface area (Å²) in [4.78, 5) is 23.8. The minimum Gasteiger partial charge on any atom is -0.478 e. The number of aromatic carboxylic acids is 1. The number of carboxylic acid groups (broad SMARTS) is 1. The molecule has 1 saturated carbocycles. The second kappa shape index (κ2) is 8.29. The van der Waals surface area contributed by atoms with Crippen LogP contribution in [0.25, 0.3) is 0 Å². The Hall–Kier alpha value is -1.88. The first kappa shape index (κ1) is 18.5. The SMILES string of the molecule is CCC(OC1CCCCC1)C(=O)Nc1cc(C(=O)O)c(C)cc1C. The molecule has 0 heterocycles. The van der Waals surface area contributed by atoms with E-state index in [0.717, 1.165) is 31.2 Å². The van der Waals surface area contributed by atoms with Crippen molar-refractivity contribution in [1.82, 2.24) is 0 Å². The maximum atomic E-state index is 12.6. The zero-order valence-corrected chi connectivity index (χ0v) is 14.7. The second-order valence-electron chi connectivity index (χ2n) is 6.57. The van der Waals surface area contributed by atoms with Crippen molar-refractivity contribution in [2.24, 2.45) is 0 Å². The molecule has 2 N–H and O–H groups in total. The van der Waals surface area contributed by atoms with Crippen LogP contribution in [-0.4, -0.2) is 29.2 Å². The van der Waals surface area contributed by atoms with E-state index >= 15 is 0 Å². The Labute approximate surface area is 143 Å². The molecule has 2 rings (SSSR count). The first-order valence-electron chi connectivity index (χ1n) is 8.73. The summed E-state index contributed by atoms with van der Waals surface area (Å²) in [6.07, 6.45) is 5.82. The first-order chi connectivity index (χ1) is 11.4. The third-order valence-electron chi connectivity index (χ3n) is 4.63. The van der Waals surface area contributed by atoms with Crippen molar-refractivity contribution in [1.29, 1.82) is 0 Å². The van der Waals surface area contributed by atoms with E-state index in [1.54, 1.807) is 13.0 Å². The van der Waals surface area contributed by atoms with Crippen LogP contribution in [0.5, 0.6) is 0 Å². The van der Waals surface area contributed by atoms with Gasteiger partial charge >= 0.3 is 5.97 Å². The lowest BCUT2D eigenvalue weighted by atomic mass is 9.97. The molecule has 1 aromatic rings. The molecule has 1 unspecified atom stereocenters. The van der Waals surface area contributed by atoms with Crippen molar-refractivity contribution in [3.63, 3.8) is 0 Å². The maximum Gasteiger partial charge on any atom is 0.336 e. The molecule has 1 atom stereocenters. The topological polar surface area (TPSA) is 75.6 Å². The van der Waals surface area contributed by atoms with E-state index in [1.165, 1.54) is 12.5 Å². The Bertz CT molecular complexity index is 606. The largest absolute Gasteiger partial charge is 0.478 e. The van der Waals surface area contributed by atoms with Crippen LogP contribution >= 0.6 is 0 Å². The summed E-state index contributed by atoms with van der Waals surface area (Å²) in [6, 6.07) is 3.31. The molecule has 0 aliphatic heterocycles. The highest BCUT2D eigenvalue weighted by Crippen LogP contribution is 2.24. The molecule has 1 amide bonds. The van der Waals surface area contributed by atoms with E-state index in [4.69, 9.17) is 4.74 Å². The van der Waals surface area contributed by atoms with E-state index in [9.17, 15) is 14.7 Å². The van der Waals surface area contributed by atoms with Gasteiger partial charge in [-0.3, -0.25) is 4.79 Å². The van der Waals surface area contributed by atoms with Gasteiger partial charge in [0.15, 0.2) is 0 Å². The quantitative estimate of drug-likeness (QED) is 0.823. The van der Waals surface area contributed by atoms with Crippen LogP contribution in [0, 0.1) is 13.8 Å². The Kier molecular flexibility index (Phi) is 6.37. The maximum absolute atomic E-state index is 12.6. The summed E-state index contributed by atoms with van der Waals surface area (Å²) in [7, 11) is 0. The summed E-state index contributed by atoms with van der Waals surface area (Å²) >= 11 is 0. The average molecular weight is 333 g/mol. The Morgan fingerprint density at radius 3 is 2.46 bits per heavy atom. The molecule has 0 radical (unpaired) electrons. The number of carbonyl (C=O) groups is 2. The van der Waals surface area contributed by atoms with Gasteiger partial charge in [-0.1, -0.05) is 32.3 Å². The van der Waals surface area contributed by atoms with E-state index < -0.39 is 12.1 Å². The van der Waals surface area contributed by atoms with Crippen molar-refractivity contribution >= 4 is 17.6 Å². The van der Waals surface area contributed by atoms with Gasteiger partial charge in [0.1, 0.15) is 6.10 Å². The Morgan fingerprint density at radius 2 is 1.88 bits per heavy atom. The molecule has 1 aliphatic rings. The van der Waals surface area contributed by atoms with Crippen LogP contribution in [0.4, 0.5) is 5.69 Å². The molecule has 0 bridgehead atoms. The summed E-state index contributed by atoms with van der Waals surface area (Å²) in [5.41, 5.74) is 2.27. The van der Waals surface area contributed by atoms with Crippen LogP contribution in [0.2, 0.25) is 0 Å².